The van der Waals surface area contributed by atoms with Crippen LogP contribution in [0.5, 0.6) is 0 Å². The van der Waals surface area contributed by atoms with Gasteiger partial charge in [0.2, 0.25) is 0 Å². The Bertz CT molecular complexity index is 571. The van der Waals surface area contributed by atoms with Crippen LogP contribution >= 0.6 is 0 Å². The zero-order valence-corrected chi connectivity index (χ0v) is 10.5. The van der Waals surface area contributed by atoms with E-state index in [0.29, 0.717) is 18.2 Å². The van der Waals surface area contributed by atoms with Crippen LogP contribution in [0.15, 0.2) is 42.5 Å². The number of benzene rings is 2. The van der Waals surface area contributed by atoms with E-state index in [4.69, 9.17) is 0 Å². The van der Waals surface area contributed by atoms with Crippen molar-refractivity contribution in [1.29, 1.82) is 0 Å². The van der Waals surface area contributed by atoms with Crippen LogP contribution in [0.25, 0.3) is 0 Å². The molecule has 1 nitrogen and oxygen atoms in total. The number of halogens is 2. The molecular formula is C16H15F2N. The van der Waals surface area contributed by atoms with Crippen molar-refractivity contribution in [1.82, 2.24) is 0 Å². The minimum absolute atomic E-state index is 0.475. The molecule has 98 valence electrons. The van der Waals surface area contributed by atoms with Crippen LogP contribution in [0.3, 0.4) is 0 Å². The Morgan fingerprint density at radius 2 is 1.68 bits per heavy atom. The molecule has 3 heteroatoms. The van der Waals surface area contributed by atoms with Crippen molar-refractivity contribution >= 4 is 5.69 Å². The highest BCUT2D eigenvalue weighted by Crippen LogP contribution is 2.41. The Kier molecular flexibility index (Phi) is 3.20. The van der Waals surface area contributed by atoms with Crippen molar-refractivity contribution in [3.05, 3.63) is 65.2 Å². The summed E-state index contributed by atoms with van der Waals surface area (Å²) in [7, 11) is 0. The van der Waals surface area contributed by atoms with Gasteiger partial charge in [-0.25, -0.2) is 8.78 Å². The molecular weight excluding hydrogens is 244 g/mol. The van der Waals surface area contributed by atoms with Crippen LogP contribution in [0.2, 0.25) is 0 Å². The number of hydrogen-bond donors (Lipinski definition) is 1. The Morgan fingerprint density at radius 1 is 1.00 bits per heavy atom. The van der Waals surface area contributed by atoms with Gasteiger partial charge in [-0.3, -0.25) is 0 Å². The van der Waals surface area contributed by atoms with E-state index >= 15 is 0 Å². The average molecular weight is 259 g/mol. The fourth-order valence-corrected chi connectivity index (χ4v) is 2.34. The second-order valence-electron chi connectivity index (χ2n) is 4.98. The van der Waals surface area contributed by atoms with Gasteiger partial charge in [0.05, 0.1) is 0 Å². The van der Waals surface area contributed by atoms with Gasteiger partial charge in [-0.1, -0.05) is 24.3 Å². The molecule has 0 aromatic heterocycles. The summed E-state index contributed by atoms with van der Waals surface area (Å²) in [5, 5.41) is 3.09. The summed E-state index contributed by atoms with van der Waals surface area (Å²) >= 11 is 0. The lowest BCUT2D eigenvalue weighted by Gasteiger charge is -2.11. The highest BCUT2D eigenvalue weighted by Gasteiger charge is 2.25. The van der Waals surface area contributed by atoms with E-state index in [1.807, 2.05) is 12.1 Å². The highest BCUT2D eigenvalue weighted by atomic mass is 19.1. The van der Waals surface area contributed by atoms with Gasteiger partial charge in [0.15, 0.2) is 0 Å². The zero-order valence-electron chi connectivity index (χ0n) is 10.5. The summed E-state index contributed by atoms with van der Waals surface area (Å²) in [5.41, 5.74) is 3.03. The lowest BCUT2D eigenvalue weighted by Crippen LogP contribution is -2.03. The number of nitrogens with one attached hydrogen (secondary N) is 1. The van der Waals surface area contributed by atoms with Gasteiger partial charge in [0.1, 0.15) is 11.6 Å². The maximum atomic E-state index is 13.1. The average Bonchev–Trinajstić information content (AvgIpc) is 3.20. The van der Waals surface area contributed by atoms with Gasteiger partial charge in [0, 0.05) is 18.3 Å². The van der Waals surface area contributed by atoms with Crippen molar-refractivity contribution in [3.8, 4) is 0 Å². The first-order valence-corrected chi connectivity index (χ1v) is 6.50. The normalized spacial score (nSPS) is 14.4. The molecule has 1 aliphatic rings. The number of anilines is 1. The van der Waals surface area contributed by atoms with Crippen molar-refractivity contribution in [2.24, 2.45) is 0 Å². The van der Waals surface area contributed by atoms with Crippen LogP contribution in [0, 0.1) is 11.6 Å². The second kappa shape index (κ2) is 5.00. The van der Waals surface area contributed by atoms with E-state index in [1.165, 1.54) is 36.1 Å². The molecule has 0 atom stereocenters. The maximum absolute atomic E-state index is 13.1. The van der Waals surface area contributed by atoms with Gasteiger partial charge in [-0.15, -0.1) is 0 Å². The molecule has 0 unspecified atom stereocenters. The van der Waals surface area contributed by atoms with Crippen LogP contribution < -0.4 is 5.32 Å². The Labute approximate surface area is 111 Å². The third kappa shape index (κ3) is 2.92. The molecule has 2 aromatic rings. The second-order valence-corrected chi connectivity index (χ2v) is 4.98. The first kappa shape index (κ1) is 12.2. The van der Waals surface area contributed by atoms with E-state index in [0.717, 1.165) is 6.07 Å². The molecule has 0 aliphatic heterocycles. The van der Waals surface area contributed by atoms with Crippen LogP contribution in [0.4, 0.5) is 14.5 Å². The van der Waals surface area contributed by atoms with Crippen LogP contribution in [0.1, 0.15) is 29.9 Å². The fourth-order valence-electron chi connectivity index (χ4n) is 2.34. The van der Waals surface area contributed by atoms with Crippen molar-refractivity contribution < 1.29 is 8.78 Å². The lowest BCUT2D eigenvalue weighted by atomic mass is 10.0. The van der Waals surface area contributed by atoms with Crippen molar-refractivity contribution in [2.75, 3.05) is 5.32 Å². The molecule has 2 aromatic carbocycles. The minimum Gasteiger partial charge on any atom is -0.381 e. The molecule has 1 fully saturated rings. The predicted molar refractivity (Wildman–Crippen MR) is 72.1 cm³/mol. The summed E-state index contributed by atoms with van der Waals surface area (Å²) in [4.78, 5) is 0. The summed E-state index contributed by atoms with van der Waals surface area (Å²) < 4.78 is 26.2. The van der Waals surface area contributed by atoms with Crippen LogP contribution in [-0.2, 0) is 6.54 Å². The molecule has 1 N–H and O–H groups in total. The summed E-state index contributed by atoms with van der Waals surface area (Å²) in [6, 6.07) is 11.7. The zero-order chi connectivity index (χ0) is 13.2. The van der Waals surface area contributed by atoms with E-state index in [-0.39, 0.29) is 0 Å². The molecule has 19 heavy (non-hydrogen) atoms. The van der Waals surface area contributed by atoms with Crippen molar-refractivity contribution in [2.45, 2.75) is 25.3 Å². The van der Waals surface area contributed by atoms with Gasteiger partial charge < -0.3 is 5.32 Å². The Hall–Kier alpha value is -1.90. The molecule has 0 radical (unpaired) electrons. The van der Waals surface area contributed by atoms with Crippen molar-refractivity contribution in [3.63, 3.8) is 0 Å². The van der Waals surface area contributed by atoms with E-state index in [2.05, 4.69) is 17.4 Å². The number of hydrogen-bond acceptors (Lipinski definition) is 1. The van der Waals surface area contributed by atoms with Gasteiger partial charge in [-0.2, -0.15) is 0 Å². The monoisotopic (exact) mass is 259 g/mol. The Morgan fingerprint density at radius 3 is 2.37 bits per heavy atom. The van der Waals surface area contributed by atoms with Gasteiger partial charge >= 0.3 is 0 Å². The molecule has 3 rings (SSSR count). The van der Waals surface area contributed by atoms with Gasteiger partial charge in [-0.05, 0) is 42.0 Å². The van der Waals surface area contributed by atoms with E-state index in [9.17, 15) is 8.78 Å². The van der Waals surface area contributed by atoms with E-state index in [1.54, 1.807) is 0 Å². The lowest BCUT2D eigenvalue weighted by molar-refractivity contribution is 0.584. The minimum atomic E-state index is -0.557. The third-order valence-corrected chi connectivity index (χ3v) is 3.42. The summed E-state index contributed by atoms with van der Waals surface area (Å²) in [6.45, 7) is 0.593. The summed E-state index contributed by atoms with van der Waals surface area (Å²) in [5.74, 6) is -0.446. The quantitative estimate of drug-likeness (QED) is 0.855. The number of rotatable bonds is 4. The molecule has 0 amide bonds. The summed E-state index contributed by atoms with van der Waals surface area (Å²) in [6.07, 6.45) is 2.48. The third-order valence-electron chi connectivity index (χ3n) is 3.42. The SMILES string of the molecule is Fc1cc(F)cc(NCc2ccccc2C2CC2)c1. The first-order valence-electron chi connectivity index (χ1n) is 6.50. The molecule has 0 spiro atoms. The largest absolute Gasteiger partial charge is 0.381 e. The maximum Gasteiger partial charge on any atom is 0.128 e. The molecule has 0 bridgehead atoms. The smallest absolute Gasteiger partial charge is 0.128 e. The highest BCUT2D eigenvalue weighted by molar-refractivity contribution is 5.45. The van der Waals surface area contributed by atoms with Crippen LogP contribution in [-0.4, -0.2) is 0 Å². The first-order chi connectivity index (χ1) is 9.22. The van der Waals surface area contributed by atoms with Gasteiger partial charge in [0.25, 0.3) is 0 Å². The molecule has 0 heterocycles. The predicted octanol–water partition coefficient (Wildman–Crippen LogP) is 4.45. The van der Waals surface area contributed by atoms with E-state index < -0.39 is 11.6 Å². The standard InChI is InChI=1S/C16H15F2N/c17-13-7-14(18)9-15(8-13)19-10-12-3-1-2-4-16(12)11-5-6-11/h1-4,7-9,11,19H,5-6,10H2. The topological polar surface area (TPSA) is 12.0 Å². The fraction of sp³-hybridized carbons (Fsp3) is 0.250. The molecule has 1 saturated carbocycles. The molecule has 0 saturated heterocycles. The Balaban J connectivity index is 1.75. The molecule has 1 aliphatic carbocycles.